The second-order valence-electron chi connectivity index (χ2n) is 18.2. The number of pyridine rings is 1. The van der Waals surface area contributed by atoms with Crippen molar-refractivity contribution < 1.29 is 4.74 Å². The maximum atomic E-state index is 6.75. The summed E-state index contributed by atoms with van der Waals surface area (Å²) in [4.78, 5) is 9.74. The average Bonchev–Trinajstić information content (AvgIpc) is 3.82. The molecule has 0 radical (unpaired) electrons. The molecule has 10 rings (SSSR count). The fourth-order valence-corrected chi connectivity index (χ4v) is 8.70. The third-order valence-electron chi connectivity index (χ3n) is 12.1. The predicted octanol–water partition coefficient (Wildman–Crippen LogP) is 15.1. The minimum absolute atomic E-state index is 0.00350. The third kappa shape index (κ3) is 7.10. The van der Waals surface area contributed by atoms with Gasteiger partial charge in [0.1, 0.15) is 24.0 Å². The number of ether oxygens (including phenoxy) is 1. The molecule has 9 aromatic rings. The van der Waals surface area contributed by atoms with Gasteiger partial charge in [-0.05, 0) is 99.3 Å². The number of anilines is 4. The van der Waals surface area contributed by atoms with Crippen LogP contribution in [0.25, 0.3) is 49.9 Å². The zero-order valence-corrected chi connectivity index (χ0v) is 35.7. The molecule has 0 saturated heterocycles. The maximum absolute atomic E-state index is 6.75. The van der Waals surface area contributed by atoms with E-state index in [9.17, 15) is 0 Å². The average molecular weight is 795 g/mol. The standard InChI is InChI=1S/C56H50N4O/c1-55(2,3)41-27-29-46(40-25-23-39(24-26-40)38-15-8-7-9-16-38)52(33-41)59-37-58(50-21-12-13-22-51(50)59)43-17-14-18-44(35-43)61-45-28-30-48-47-19-10-11-20-49(47)60(53(48)36-45)54-34-42(31-32-57-54)56(4,5)6/h7-36H,37H2,1-6H3. The minimum Gasteiger partial charge on any atom is -0.457 e. The molecule has 300 valence electrons. The summed E-state index contributed by atoms with van der Waals surface area (Å²) in [6.07, 6.45) is 1.92. The summed E-state index contributed by atoms with van der Waals surface area (Å²) in [6, 6.07) is 63.0. The van der Waals surface area contributed by atoms with E-state index in [1.165, 1.54) is 50.1 Å². The van der Waals surface area contributed by atoms with Crippen molar-refractivity contribution in [1.82, 2.24) is 9.55 Å². The first-order valence-electron chi connectivity index (χ1n) is 21.2. The van der Waals surface area contributed by atoms with Crippen LogP contribution in [0.5, 0.6) is 11.5 Å². The first-order valence-corrected chi connectivity index (χ1v) is 21.2. The zero-order chi connectivity index (χ0) is 41.9. The van der Waals surface area contributed by atoms with Crippen LogP contribution in [-0.4, -0.2) is 16.2 Å². The van der Waals surface area contributed by atoms with E-state index in [0.717, 1.165) is 45.1 Å². The summed E-state index contributed by atoms with van der Waals surface area (Å²) in [6.45, 7) is 14.2. The first-order chi connectivity index (χ1) is 29.5. The van der Waals surface area contributed by atoms with E-state index >= 15 is 0 Å². The molecule has 7 aromatic carbocycles. The second kappa shape index (κ2) is 14.9. The highest BCUT2D eigenvalue weighted by Gasteiger charge is 2.31. The van der Waals surface area contributed by atoms with E-state index < -0.39 is 0 Å². The van der Waals surface area contributed by atoms with E-state index in [0.29, 0.717) is 6.67 Å². The summed E-state index contributed by atoms with van der Waals surface area (Å²) >= 11 is 0. The van der Waals surface area contributed by atoms with Gasteiger partial charge in [-0.1, -0.05) is 145 Å². The van der Waals surface area contributed by atoms with Gasteiger partial charge in [0.05, 0.1) is 28.1 Å². The molecule has 5 heteroatoms. The van der Waals surface area contributed by atoms with Gasteiger partial charge >= 0.3 is 0 Å². The molecule has 61 heavy (non-hydrogen) atoms. The van der Waals surface area contributed by atoms with E-state index in [4.69, 9.17) is 9.72 Å². The highest BCUT2D eigenvalue weighted by atomic mass is 16.5. The van der Waals surface area contributed by atoms with Crippen LogP contribution in [0.1, 0.15) is 52.7 Å². The molecule has 0 aliphatic carbocycles. The fourth-order valence-electron chi connectivity index (χ4n) is 8.70. The largest absolute Gasteiger partial charge is 0.457 e. The highest BCUT2D eigenvalue weighted by molar-refractivity contribution is 6.09. The highest BCUT2D eigenvalue weighted by Crippen LogP contribution is 2.48. The molecule has 0 amide bonds. The molecular weight excluding hydrogens is 745 g/mol. The van der Waals surface area contributed by atoms with Crippen LogP contribution in [0.3, 0.4) is 0 Å². The van der Waals surface area contributed by atoms with Crippen molar-refractivity contribution in [2.24, 2.45) is 0 Å². The van der Waals surface area contributed by atoms with Gasteiger partial charge in [0.15, 0.2) is 0 Å². The number of hydrogen-bond acceptors (Lipinski definition) is 4. The molecule has 5 nitrogen and oxygen atoms in total. The van der Waals surface area contributed by atoms with Crippen LogP contribution >= 0.6 is 0 Å². The number of fused-ring (bicyclic) bond motifs is 4. The topological polar surface area (TPSA) is 33.5 Å². The SMILES string of the molecule is CC(C)(C)c1ccnc(-n2c3ccccc3c3ccc(Oc4cccc(N5CN(c6cc(C(C)(C)C)ccc6-c6ccc(-c7ccccc7)cc6)c6ccccc65)c4)cc32)c1. The van der Waals surface area contributed by atoms with Gasteiger partial charge in [0.25, 0.3) is 0 Å². The summed E-state index contributed by atoms with van der Waals surface area (Å²) in [5, 5.41) is 2.35. The lowest BCUT2D eigenvalue weighted by Gasteiger charge is -2.28. The summed E-state index contributed by atoms with van der Waals surface area (Å²) in [7, 11) is 0. The number of para-hydroxylation sites is 3. The Balaban J connectivity index is 1.00. The smallest absolute Gasteiger partial charge is 0.137 e. The van der Waals surface area contributed by atoms with E-state index in [2.05, 4.69) is 226 Å². The van der Waals surface area contributed by atoms with Crippen LogP contribution in [0.2, 0.25) is 0 Å². The lowest BCUT2D eigenvalue weighted by Crippen LogP contribution is -2.25. The van der Waals surface area contributed by atoms with Gasteiger partial charge in [-0.2, -0.15) is 0 Å². The number of aromatic nitrogens is 2. The predicted molar refractivity (Wildman–Crippen MR) is 255 cm³/mol. The molecule has 0 saturated carbocycles. The van der Waals surface area contributed by atoms with Crippen molar-refractivity contribution in [2.75, 3.05) is 16.5 Å². The Morgan fingerprint density at radius 1 is 0.459 bits per heavy atom. The van der Waals surface area contributed by atoms with Gasteiger partial charge in [-0.25, -0.2) is 4.98 Å². The van der Waals surface area contributed by atoms with E-state index in [1.807, 2.05) is 12.3 Å². The molecular formula is C56H50N4O. The van der Waals surface area contributed by atoms with Crippen molar-refractivity contribution in [3.63, 3.8) is 0 Å². The van der Waals surface area contributed by atoms with Crippen LogP contribution in [-0.2, 0) is 10.8 Å². The lowest BCUT2D eigenvalue weighted by molar-refractivity contribution is 0.483. The Labute approximate surface area is 359 Å². The second-order valence-corrected chi connectivity index (χ2v) is 18.2. The lowest BCUT2D eigenvalue weighted by atomic mass is 9.85. The molecule has 1 aliphatic heterocycles. The molecule has 2 aromatic heterocycles. The Morgan fingerprint density at radius 2 is 1.10 bits per heavy atom. The molecule has 3 heterocycles. The normalized spacial score (nSPS) is 13.0. The summed E-state index contributed by atoms with van der Waals surface area (Å²) in [5.41, 5.74) is 14.1. The summed E-state index contributed by atoms with van der Waals surface area (Å²) < 4.78 is 9.01. The third-order valence-corrected chi connectivity index (χ3v) is 12.1. The summed E-state index contributed by atoms with van der Waals surface area (Å²) in [5.74, 6) is 2.44. The van der Waals surface area contributed by atoms with Crippen molar-refractivity contribution in [2.45, 2.75) is 52.4 Å². The number of rotatable bonds is 7. The van der Waals surface area contributed by atoms with Crippen LogP contribution in [0.4, 0.5) is 22.7 Å². The van der Waals surface area contributed by atoms with Gasteiger partial charge in [-0.15, -0.1) is 0 Å². The van der Waals surface area contributed by atoms with Crippen molar-refractivity contribution in [3.8, 4) is 39.6 Å². The van der Waals surface area contributed by atoms with Crippen LogP contribution in [0.15, 0.2) is 182 Å². The monoisotopic (exact) mass is 794 g/mol. The van der Waals surface area contributed by atoms with Gasteiger partial charge in [0.2, 0.25) is 0 Å². The van der Waals surface area contributed by atoms with Crippen LogP contribution < -0.4 is 14.5 Å². The minimum atomic E-state index is -0.0145. The Kier molecular flexibility index (Phi) is 9.29. The fraction of sp³-hybridized carbons (Fsp3) is 0.161. The van der Waals surface area contributed by atoms with Crippen molar-refractivity contribution in [3.05, 3.63) is 193 Å². The molecule has 1 aliphatic rings. The first kappa shape index (κ1) is 38.1. The quantitative estimate of drug-likeness (QED) is 0.161. The molecule has 0 spiro atoms. The van der Waals surface area contributed by atoms with E-state index in [1.54, 1.807) is 0 Å². The van der Waals surface area contributed by atoms with Crippen molar-refractivity contribution in [1.29, 1.82) is 0 Å². The number of benzene rings is 7. The maximum Gasteiger partial charge on any atom is 0.137 e. The van der Waals surface area contributed by atoms with Crippen molar-refractivity contribution >= 4 is 44.6 Å². The molecule has 0 N–H and O–H groups in total. The van der Waals surface area contributed by atoms with Crippen LogP contribution in [0, 0.1) is 0 Å². The van der Waals surface area contributed by atoms with Gasteiger partial charge < -0.3 is 14.5 Å². The van der Waals surface area contributed by atoms with Gasteiger partial charge in [0, 0.05) is 40.4 Å². The van der Waals surface area contributed by atoms with E-state index in [-0.39, 0.29) is 10.8 Å². The zero-order valence-electron chi connectivity index (χ0n) is 35.7. The number of nitrogens with zero attached hydrogens (tertiary/aromatic N) is 4. The van der Waals surface area contributed by atoms with Gasteiger partial charge in [-0.3, -0.25) is 4.57 Å². The Bertz CT molecular complexity index is 3060. The molecule has 0 bridgehead atoms. The number of hydrogen-bond donors (Lipinski definition) is 0. The Morgan fingerprint density at radius 3 is 1.87 bits per heavy atom. The molecule has 0 fully saturated rings. The molecule has 0 unspecified atom stereocenters. The molecule has 0 atom stereocenters. The Hall–Kier alpha value is -7.11.